The Morgan fingerprint density at radius 3 is 2.39 bits per heavy atom. The second-order valence-electron chi connectivity index (χ2n) is 7.33. The van der Waals surface area contributed by atoms with E-state index in [-0.39, 0.29) is 16.4 Å². The Bertz CT molecular complexity index is 1280. The monoisotopic (exact) mass is 469 g/mol. The topological polar surface area (TPSA) is 54.3 Å². The van der Waals surface area contributed by atoms with Crippen molar-refractivity contribution in [3.63, 3.8) is 0 Å². The number of thiocarbonyl (C=S) groups is 1. The Balaban J connectivity index is 1.72. The molecule has 0 atom stereocenters. The molecular formula is C24H18F3N3O2S. The maximum Gasteiger partial charge on any atom is 0.416 e. The molecule has 168 valence electrons. The average Bonchev–Trinajstić information content (AvgIpc) is 3.25. The summed E-state index contributed by atoms with van der Waals surface area (Å²) >= 11 is 5.21. The molecule has 1 fully saturated rings. The lowest BCUT2D eigenvalue weighted by molar-refractivity contribution is -0.137. The van der Waals surface area contributed by atoms with Crippen LogP contribution in [0.15, 0.2) is 72.4 Å². The summed E-state index contributed by atoms with van der Waals surface area (Å²) in [7, 11) is 0. The molecular weight excluding hydrogens is 451 g/mol. The van der Waals surface area contributed by atoms with Crippen LogP contribution in [0.4, 0.5) is 18.9 Å². The van der Waals surface area contributed by atoms with Gasteiger partial charge in [0, 0.05) is 17.6 Å². The summed E-state index contributed by atoms with van der Waals surface area (Å²) < 4.78 is 40.9. The molecule has 1 N–H and O–H groups in total. The quantitative estimate of drug-likeness (QED) is 0.336. The molecule has 0 aliphatic carbocycles. The summed E-state index contributed by atoms with van der Waals surface area (Å²) in [6.07, 6.45) is -0.774. The van der Waals surface area contributed by atoms with Gasteiger partial charge in [-0.05, 0) is 72.7 Å². The highest BCUT2D eigenvalue weighted by molar-refractivity contribution is 7.80. The fraction of sp³-hybridized carbons (Fsp3) is 0.125. The lowest BCUT2D eigenvalue weighted by Gasteiger charge is -2.29. The molecule has 1 aliphatic heterocycles. The lowest BCUT2D eigenvalue weighted by Crippen LogP contribution is -2.54. The van der Waals surface area contributed by atoms with Crippen molar-refractivity contribution in [1.29, 1.82) is 0 Å². The van der Waals surface area contributed by atoms with Crippen LogP contribution in [-0.2, 0) is 22.2 Å². The molecule has 2 amide bonds. The number of hydrogen-bond acceptors (Lipinski definition) is 3. The van der Waals surface area contributed by atoms with Gasteiger partial charge in [-0.15, -0.1) is 0 Å². The fourth-order valence-corrected chi connectivity index (χ4v) is 3.78. The van der Waals surface area contributed by atoms with Crippen LogP contribution in [0.2, 0.25) is 0 Å². The first-order valence-corrected chi connectivity index (χ1v) is 10.4. The third kappa shape index (κ3) is 4.45. The van der Waals surface area contributed by atoms with Crippen molar-refractivity contribution >= 4 is 40.9 Å². The zero-order chi connectivity index (χ0) is 23.8. The largest absolute Gasteiger partial charge is 0.416 e. The first kappa shape index (κ1) is 22.5. The van der Waals surface area contributed by atoms with Crippen LogP contribution in [0.25, 0.3) is 11.8 Å². The summed E-state index contributed by atoms with van der Waals surface area (Å²) in [4.78, 5) is 27.0. The predicted octanol–water partition coefficient (Wildman–Crippen LogP) is 4.89. The van der Waals surface area contributed by atoms with Crippen molar-refractivity contribution < 1.29 is 22.8 Å². The van der Waals surface area contributed by atoms with Crippen molar-refractivity contribution in [2.24, 2.45) is 0 Å². The molecule has 33 heavy (non-hydrogen) atoms. The summed E-state index contributed by atoms with van der Waals surface area (Å²) in [5, 5.41) is 2.47. The molecule has 0 bridgehead atoms. The third-order valence-electron chi connectivity index (χ3n) is 5.23. The number of hydrogen-bond donors (Lipinski definition) is 1. The molecule has 3 aromatic rings. The second kappa shape index (κ2) is 8.67. The number of anilines is 1. The first-order chi connectivity index (χ1) is 15.7. The van der Waals surface area contributed by atoms with Gasteiger partial charge in [0.05, 0.1) is 11.3 Å². The van der Waals surface area contributed by atoms with Crippen LogP contribution in [0, 0.1) is 0 Å². The van der Waals surface area contributed by atoms with Crippen LogP contribution in [0.3, 0.4) is 0 Å². The third-order valence-corrected chi connectivity index (χ3v) is 5.51. The number of amides is 2. The molecule has 0 unspecified atom stereocenters. The van der Waals surface area contributed by atoms with E-state index in [0.29, 0.717) is 11.4 Å². The maximum absolute atomic E-state index is 13.2. The molecule has 2 aromatic carbocycles. The predicted molar refractivity (Wildman–Crippen MR) is 123 cm³/mol. The van der Waals surface area contributed by atoms with Crippen molar-refractivity contribution in [2.45, 2.75) is 19.5 Å². The highest BCUT2D eigenvalue weighted by Crippen LogP contribution is 2.31. The normalized spacial score (nSPS) is 15.8. The number of aromatic nitrogens is 1. The average molecular weight is 469 g/mol. The van der Waals surface area contributed by atoms with Crippen molar-refractivity contribution in [2.75, 3.05) is 4.90 Å². The zero-order valence-electron chi connectivity index (χ0n) is 17.4. The molecule has 2 heterocycles. The van der Waals surface area contributed by atoms with E-state index in [1.807, 2.05) is 19.1 Å². The molecule has 4 rings (SSSR count). The van der Waals surface area contributed by atoms with Gasteiger partial charge in [0.25, 0.3) is 11.8 Å². The van der Waals surface area contributed by atoms with Crippen molar-refractivity contribution in [3.05, 3.63) is 89.3 Å². The van der Waals surface area contributed by atoms with Gasteiger partial charge >= 0.3 is 6.18 Å². The van der Waals surface area contributed by atoms with E-state index in [0.717, 1.165) is 24.1 Å². The van der Waals surface area contributed by atoms with E-state index >= 15 is 0 Å². The number of nitrogens with one attached hydrogen (secondary N) is 1. The number of nitrogens with zero attached hydrogens (tertiary/aromatic N) is 2. The van der Waals surface area contributed by atoms with Crippen LogP contribution < -0.4 is 10.2 Å². The number of benzene rings is 2. The van der Waals surface area contributed by atoms with E-state index in [1.54, 1.807) is 30.5 Å². The molecule has 9 heteroatoms. The summed E-state index contributed by atoms with van der Waals surface area (Å²) in [5.74, 6) is -1.30. The zero-order valence-corrected chi connectivity index (χ0v) is 18.2. The Morgan fingerprint density at radius 2 is 1.73 bits per heavy atom. The van der Waals surface area contributed by atoms with E-state index in [1.165, 1.54) is 27.7 Å². The van der Waals surface area contributed by atoms with Crippen LogP contribution >= 0.6 is 12.2 Å². The number of carbonyl (C=O) groups excluding carboxylic acids is 2. The van der Waals surface area contributed by atoms with Crippen molar-refractivity contribution in [3.8, 4) is 5.69 Å². The summed E-state index contributed by atoms with van der Waals surface area (Å²) in [5.41, 5.74) is 1.20. The Kier molecular flexibility index (Phi) is 5.90. The van der Waals surface area contributed by atoms with E-state index < -0.39 is 23.6 Å². The minimum Gasteiger partial charge on any atom is -0.317 e. The summed E-state index contributed by atoms with van der Waals surface area (Å²) in [6, 6.07) is 15.2. The fourth-order valence-electron chi connectivity index (χ4n) is 3.50. The Labute approximate surface area is 193 Å². The van der Waals surface area contributed by atoms with Crippen LogP contribution in [0.1, 0.15) is 23.7 Å². The van der Waals surface area contributed by atoms with E-state index in [4.69, 9.17) is 12.2 Å². The van der Waals surface area contributed by atoms with E-state index in [2.05, 4.69) is 5.32 Å². The molecule has 0 radical (unpaired) electrons. The van der Waals surface area contributed by atoms with Crippen LogP contribution in [0.5, 0.6) is 0 Å². The Morgan fingerprint density at radius 1 is 1.00 bits per heavy atom. The standard InChI is InChI=1S/C24H18F3N3O2S/c1-2-15-8-10-17(11-9-15)30-22(32)20(21(31)28-23(30)33)14-19-7-4-12-29(19)18-6-3-5-16(13-18)24(25,26)27/h3-14H,2H2,1H3,(H,28,31,33). The summed E-state index contributed by atoms with van der Waals surface area (Å²) in [6.45, 7) is 2.01. The SMILES string of the molecule is CCc1ccc(N2C(=O)C(=Cc3cccn3-c3cccc(C(F)(F)F)c3)C(=O)NC2=S)cc1. The van der Waals surface area contributed by atoms with Gasteiger partial charge in [0.15, 0.2) is 5.11 Å². The van der Waals surface area contributed by atoms with Gasteiger partial charge < -0.3 is 4.57 Å². The number of carbonyl (C=O) groups is 2. The van der Waals surface area contributed by atoms with Gasteiger partial charge in [0.1, 0.15) is 5.57 Å². The minimum absolute atomic E-state index is 0.0420. The minimum atomic E-state index is -4.50. The van der Waals surface area contributed by atoms with Gasteiger partial charge in [0.2, 0.25) is 0 Å². The molecule has 5 nitrogen and oxygen atoms in total. The second-order valence-corrected chi connectivity index (χ2v) is 7.72. The molecule has 0 spiro atoms. The van der Waals surface area contributed by atoms with Gasteiger partial charge in [-0.25, -0.2) is 0 Å². The molecule has 1 saturated heterocycles. The molecule has 1 aliphatic rings. The molecule has 1 aromatic heterocycles. The Hall–Kier alpha value is -3.72. The number of rotatable bonds is 4. The lowest BCUT2D eigenvalue weighted by atomic mass is 10.1. The number of alkyl halides is 3. The highest BCUT2D eigenvalue weighted by Gasteiger charge is 2.35. The highest BCUT2D eigenvalue weighted by atomic mass is 32.1. The van der Waals surface area contributed by atoms with Crippen molar-refractivity contribution in [1.82, 2.24) is 9.88 Å². The van der Waals surface area contributed by atoms with E-state index in [9.17, 15) is 22.8 Å². The number of halogens is 3. The maximum atomic E-state index is 13.2. The van der Waals surface area contributed by atoms with Gasteiger partial charge in [-0.1, -0.05) is 25.1 Å². The smallest absolute Gasteiger partial charge is 0.317 e. The number of aryl methyl sites for hydroxylation is 1. The van der Waals surface area contributed by atoms with Gasteiger partial charge in [-0.2, -0.15) is 13.2 Å². The van der Waals surface area contributed by atoms with Crippen LogP contribution in [-0.4, -0.2) is 21.5 Å². The van der Waals surface area contributed by atoms with Gasteiger partial charge in [-0.3, -0.25) is 19.8 Å². The first-order valence-electron chi connectivity index (χ1n) is 10.0. The molecule has 0 saturated carbocycles.